The van der Waals surface area contributed by atoms with Crippen molar-refractivity contribution in [2.24, 2.45) is 17.8 Å². The summed E-state index contributed by atoms with van der Waals surface area (Å²) >= 11 is 0. The van der Waals surface area contributed by atoms with Crippen molar-refractivity contribution in [1.82, 2.24) is 14.9 Å². The molecule has 1 N–H and O–H groups in total. The van der Waals surface area contributed by atoms with Gasteiger partial charge in [-0.25, -0.2) is 17.6 Å². The first kappa shape index (κ1) is 30.2. The highest BCUT2D eigenvalue weighted by Gasteiger charge is 2.49. The lowest BCUT2D eigenvalue weighted by Gasteiger charge is -2.36. The molecule has 11 heteroatoms. The lowest BCUT2D eigenvalue weighted by molar-refractivity contribution is 0.107. The number of nitriles is 1. The molecule has 4 aliphatic rings. The highest BCUT2D eigenvalue weighted by atomic mass is 19.1. The Morgan fingerprint density at radius 3 is 2.60 bits per heavy atom. The first-order chi connectivity index (χ1) is 22.7. The number of benzene rings is 3. The van der Waals surface area contributed by atoms with Gasteiger partial charge in [-0.15, -0.1) is 0 Å². The molecule has 8 rings (SSSR count). The van der Waals surface area contributed by atoms with Crippen LogP contribution >= 0.6 is 0 Å². The second-order valence-electron chi connectivity index (χ2n) is 13.8. The predicted octanol–water partition coefficient (Wildman–Crippen LogP) is 7.08. The summed E-state index contributed by atoms with van der Waals surface area (Å²) in [6, 6.07) is 9.01. The van der Waals surface area contributed by atoms with Crippen LogP contribution in [0.2, 0.25) is 0 Å². The van der Waals surface area contributed by atoms with Gasteiger partial charge in [-0.1, -0.05) is 13.0 Å². The van der Waals surface area contributed by atoms with Gasteiger partial charge in [0.25, 0.3) is 0 Å². The third-order valence-corrected chi connectivity index (χ3v) is 11.1. The number of rotatable bonds is 6. The number of fused-ring (bicyclic) bond motifs is 5. The molecular weight excluding hydrogens is 610 g/mol. The Hall–Kier alpha value is -4.17. The van der Waals surface area contributed by atoms with Gasteiger partial charge in [0.05, 0.1) is 23.1 Å². The van der Waals surface area contributed by atoms with Crippen LogP contribution in [0.1, 0.15) is 44.6 Å². The summed E-state index contributed by atoms with van der Waals surface area (Å²) in [6.45, 7) is 4.02. The van der Waals surface area contributed by atoms with Crippen molar-refractivity contribution in [3.8, 4) is 29.0 Å². The molecule has 2 bridgehead atoms. The van der Waals surface area contributed by atoms with Crippen LogP contribution in [0.4, 0.5) is 23.4 Å². The Morgan fingerprint density at radius 2 is 1.85 bits per heavy atom. The molecule has 4 heterocycles. The summed E-state index contributed by atoms with van der Waals surface area (Å²) in [7, 11) is 0. The standard InChI is InChI=1S/C36H35F4N5O2/c1-2-24-28(38)7-6-19-10-23(46)11-25(30(19)24)31-29(39)12-26-33(32(31)40)42-35(47-18-36-8-3-9-45(36)17-22(37)13-36)43-34(26)44-15-20-4-5-21(16-44)27(20)14-41/h6-7,10-12,20-22,27,46H,2-5,8-9,13,15-18H2,1H3/t20-,21+,22-,27+,36+/m1/s1. The van der Waals surface area contributed by atoms with Crippen LogP contribution in [0.5, 0.6) is 11.8 Å². The molecule has 0 spiro atoms. The van der Waals surface area contributed by atoms with Crippen LogP contribution in [0, 0.1) is 46.5 Å². The van der Waals surface area contributed by atoms with Gasteiger partial charge in [-0.3, -0.25) is 4.90 Å². The topological polar surface area (TPSA) is 85.5 Å². The molecule has 0 radical (unpaired) electrons. The molecule has 0 unspecified atom stereocenters. The number of ether oxygens (including phenoxy) is 1. The predicted molar refractivity (Wildman–Crippen MR) is 169 cm³/mol. The average molecular weight is 646 g/mol. The maximum Gasteiger partial charge on any atom is 0.319 e. The number of aromatic nitrogens is 2. The minimum absolute atomic E-state index is 0.0178. The molecule has 4 fully saturated rings. The number of hydrogen-bond acceptors (Lipinski definition) is 7. The largest absolute Gasteiger partial charge is 0.508 e. The molecular formula is C36H35F4N5O2. The number of piperidine rings is 1. The Labute approximate surface area is 269 Å². The van der Waals surface area contributed by atoms with Crippen molar-refractivity contribution in [2.45, 2.75) is 57.2 Å². The van der Waals surface area contributed by atoms with E-state index in [-0.39, 0.29) is 64.6 Å². The van der Waals surface area contributed by atoms with Crippen molar-refractivity contribution < 1.29 is 27.4 Å². The van der Waals surface area contributed by atoms with Gasteiger partial charge >= 0.3 is 6.01 Å². The summed E-state index contributed by atoms with van der Waals surface area (Å²) in [5.74, 6) is -2.15. The molecule has 4 aromatic rings. The van der Waals surface area contributed by atoms with Crippen LogP contribution in [0.25, 0.3) is 32.8 Å². The van der Waals surface area contributed by atoms with Gasteiger partial charge in [-0.2, -0.15) is 15.2 Å². The van der Waals surface area contributed by atoms with Crippen LogP contribution < -0.4 is 9.64 Å². The Balaban J connectivity index is 1.30. The van der Waals surface area contributed by atoms with E-state index in [0.29, 0.717) is 42.6 Å². The van der Waals surface area contributed by atoms with Gasteiger partial charge in [0.1, 0.15) is 41.5 Å². The molecule has 7 nitrogen and oxygen atoms in total. The van der Waals surface area contributed by atoms with E-state index in [9.17, 15) is 19.1 Å². The van der Waals surface area contributed by atoms with E-state index in [1.54, 1.807) is 6.92 Å². The van der Waals surface area contributed by atoms with Crippen molar-refractivity contribution in [1.29, 1.82) is 5.26 Å². The summed E-state index contributed by atoms with van der Waals surface area (Å²) in [5.41, 5.74) is -0.797. The molecule has 3 saturated heterocycles. The number of nitrogens with zero attached hydrogens (tertiary/aromatic N) is 5. The Kier molecular flexibility index (Phi) is 7.21. The van der Waals surface area contributed by atoms with Crippen LogP contribution in [0.3, 0.4) is 0 Å². The molecule has 5 atom stereocenters. The number of halogens is 4. The van der Waals surface area contributed by atoms with Gasteiger partial charge in [0, 0.05) is 31.4 Å². The highest BCUT2D eigenvalue weighted by molar-refractivity contribution is 6.03. The highest BCUT2D eigenvalue weighted by Crippen LogP contribution is 2.46. The summed E-state index contributed by atoms with van der Waals surface area (Å²) in [5, 5.41) is 21.3. The van der Waals surface area contributed by atoms with Gasteiger partial charge in [-0.05, 0) is 96.6 Å². The molecule has 0 amide bonds. The van der Waals surface area contributed by atoms with E-state index in [0.717, 1.165) is 32.2 Å². The van der Waals surface area contributed by atoms with E-state index in [2.05, 4.69) is 16.0 Å². The third kappa shape index (κ3) is 4.78. The first-order valence-corrected chi connectivity index (χ1v) is 16.5. The molecule has 47 heavy (non-hydrogen) atoms. The number of aromatic hydroxyl groups is 1. The first-order valence-electron chi connectivity index (χ1n) is 16.5. The molecule has 3 aromatic carbocycles. The second kappa shape index (κ2) is 11.2. The number of phenols is 1. The molecule has 3 aliphatic heterocycles. The van der Waals surface area contributed by atoms with Crippen molar-refractivity contribution in [3.05, 3.63) is 53.3 Å². The smallest absolute Gasteiger partial charge is 0.319 e. The maximum atomic E-state index is 16.9. The Morgan fingerprint density at radius 1 is 1.06 bits per heavy atom. The molecule has 244 valence electrons. The minimum atomic E-state index is -0.980. The Bertz CT molecular complexity index is 1950. The monoisotopic (exact) mass is 645 g/mol. The van der Waals surface area contributed by atoms with Crippen LogP contribution in [0.15, 0.2) is 30.3 Å². The normalized spacial score (nSPS) is 27.1. The van der Waals surface area contributed by atoms with Crippen LogP contribution in [-0.2, 0) is 6.42 Å². The lowest BCUT2D eigenvalue weighted by Crippen LogP contribution is -2.44. The SMILES string of the molecule is CCc1c(F)ccc2cc(O)cc(-c3c(F)cc4c(N5C[C@H]6CC[C@@H](C5)[C@H]6C#N)nc(OC[C@@]56CCCN5C[C@H](F)C6)nc4c3F)c12. The quantitative estimate of drug-likeness (QED) is 0.225. The van der Waals surface area contributed by atoms with Crippen molar-refractivity contribution in [3.63, 3.8) is 0 Å². The fourth-order valence-electron chi connectivity index (χ4n) is 9.01. The van der Waals surface area contributed by atoms with Gasteiger partial charge in [0.15, 0.2) is 5.82 Å². The van der Waals surface area contributed by atoms with E-state index < -0.39 is 34.7 Å². The van der Waals surface area contributed by atoms with E-state index in [1.807, 2.05) is 4.90 Å². The maximum absolute atomic E-state index is 16.9. The molecule has 1 saturated carbocycles. The number of anilines is 1. The number of alkyl halides is 1. The number of hydrogen-bond donors (Lipinski definition) is 1. The minimum Gasteiger partial charge on any atom is -0.508 e. The van der Waals surface area contributed by atoms with Crippen molar-refractivity contribution in [2.75, 3.05) is 37.7 Å². The molecule has 1 aromatic heterocycles. The fourth-order valence-corrected chi connectivity index (χ4v) is 9.01. The summed E-state index contributed by atoms with van der Waals surface area (Å²) in [4.78, 5) is 13.3. The summed E-state index contributed by atoms with van der Waals surface area (Å²) < 4.78 is 69.0. The van der Waals surface area contributed by atoms with E-state index >= 15 is 8.78 Å². The zero-order chi connectivity index (χ0) is 32.6. The fraction of sp³-hybridized carbons (Fsp3) is 0.472. The third-order valence-electron chi connectivity index (χ3n) is 11.1. The van der Waals surface area contributed by atoms with Crippen molar-refractivity contribution >= 4 is 27.5 Å². The van der Waals surface area contributed by atoms with Gasteiger partial charge in [0.2, 0.25) is 0 Å². The second-order valence-corrected chi connectivity index (χ2v) is 13.8. The number of aryl methyl sites for hydroxylation is 1. The average Bonchev–Trinajstić information content (AvgIpc) is 3.66. The van der Waals surface area contributed by atoms with Crippen LogP contribution in [-0.4, -0.2) is 64.5 Å². The zero-order valence-electron chi connectivity index (χ0n) is 26.1. The van der Waals surface area contributed by atoms with E-state index in [1.165, 1.54) is 30.3 Å². The zero-order valence-corrected chi connectivity index (χ0v) is 26.1. The lowest BCUT2D eigenvalue weighted by atomic mass is 9.86. The molecule has 1 aliphatic carbocycles. The summed E-state index contributed by atoms with van der Waals surface area (Å²) in [6.07, 6.45) is 3.12. The van der Waals surface area contributed by atoms with Gasteiger partial charge < -0.3 is 14.7 Å². The number of phenolic OH excluding ortho intramolecular Hbond substituents is 1. The van der Waals surface area contributed by atoms with E-state index in [4.69, 9.17) is 9.72 Å².